The molecule has 0 aliphatic carbocycles. The highest BCUT2D eigenvalue weighted by Gasteiger charge is 2.45. The highest BCUT2D eigenvalue weighted by molar-refractivity contribution is 5.89. The summed E-state index contributed by atoms with van der Waals surface area (Å²) in [6.07, 6.45) is 3.03. The van der Waals surface area contributed by atoms with Gasteiger partial charge in [0, 0.05) is 45.4 Å². The Kier molecular flexibility index (Phi) is 7.14. The van der Waals surface area contributed by atoms with Gasteiger partial charge in [-0.1, -0.05) is 12.1 Å². The summed E-state index contributed by atoms with van der Waals surface area (Å²) >= 11 is 0. The number of halogens is 2. The lowest BCUT2D eigenvalue weighted by Crippen LogP contribution is -2.59. The van der Waals surface area contributed by atoms with E-state index in [0.29, 0.717) is 52.2 Å². The number of hydrogen-bond acceptors (Lipinski definition) is 4. The van der Waals surface area contributed by atoms with E-state index in [1.54, 1.807) is 12.1 Å². The van der Waals surface area contributed by atoms with Gasteiger partial charge in [0.1, 0.15) is 5.82 Å². The minimum Gasteiger partial charge on any atom is -0.381 e. The van der Waals surface area contributed by atoms with Crippen LogP contribution in [0.5, 0.6) is 0 Å². The third kappa shape index (κ3) is 4.42. The number of amides is 2. The van der Waals surface area contributed by atoms with Crippen LogP contribution in [0, 0.1) is 5.82 Å². The molecule has 0 spiro atoms. The average Bonchev–Trinajstić information content (AvgIpc) is 2.74. The average molecular weight is 426 g/mol. The third-order valence-electron chi connectivity index (χ3n) is 6.40. The van der Waals surface area contributed by atoms with Gasteiger partial charge in [-0.25, -0.2) is 4.39 Å². The fourth-order valence-electron chi connectivity index (χ4n) is 4.82. The molecular formula is C21H29ClFN3O3. The van der Waals surface area contributed by atoms with Crippen LogP contribution in [-0.2, 0) is 19.7 Å². The van der Waals surface area contributed by atoms with Crippen molar-refractivity contribution in [2.75, 3.05) is 45.9 Å². The molecule has 4 rings (SSSR count). The molecule has 0 radical (unpaired) electrons. The van der Waals surface area contributed by atoms with Gasteiger partial charge in [-0.3, -0.25) is 9.59 Å². The molecule has 3 saturated heterocycles. The first-order chi connectivity index (χ1) is 13.6. The molecule has 2 amide bonds. The standard InChI is InChI=1S/C21H28FN3O3.ClH/c22-17-5-3-16(4-6-17)21(7-12-28-13-8-21)20(27)24-10-1-2-18(15-24)25-11-9-23-14-19(25)26;/h3-6,18,23H,1-2,7-15H2;1H. The number of benzene rings is 1. The maximum Gasteiger partial charge on any atom is 0.236 e. The molecule has 29 heavy (non-hydrogen) atoms. The van der Waals surface area contributed by atoms with E-state index < -0.39 is 5.41 Å². The monoisotopic (exact) mass is 425 g/mol. The second-order valence-corrected chi connectivity index (χ2v) is 8.01. The number of rotatable bonds is 3. The summed E-state index contributed by atoms with van der Waals surface area (Å²) in [6, 6.07) is 6.41. The first-order valence-electron chi connectivity index (χ1n) is 10.2. The molecule has 3 heterocycles. The molecule has 1 unspecified atom stereocenters. The van der Waals surface area contributed by atoms with Crippen molar-refractivity contribution in [2.45, 2.75) is 37.1 Å². The number of carbonyl (C=O) groups is 2. The SMILES string of the molecule is Cl.O=C1CNCCN1C1CCCN(C(=O)C2(c3ccc(F)cc3)CCOCC2)C1. The first-order valence-corrected chi connectivity index (χ1v) is 10.2. The molecule has 1 atom stereocenters. The van der Waals surface area contributed by atoms with E-state index in [-0.39, 0.29) is 36.1 Å². The van der Waals surface area contributed by atoms with Crippen LogP contribution < -0.4 is 5.32 Å². The van der Waals surface area contributed by atoms with E-state index in [2.05, 4.69) is 5.32 Å². The highest BCUT2D eigenvalue weighted by atomic mass is 35.5. The minimum atomic E-state index is -0.665. The second kappa shape index (κ2) is 9.41. The van der Waals surface area contributed by atoms with Crippen LogP contribution >= 0.6 is 12.4 Å². The first kappa shape index (κ1) is 22.0. The summed E-state index contributed by atoms with van der Waals surface area (Å²) in [7, 11) is 0. The molecule has 0 bridgehead atoms. The minimum absolute atomic E-state index is 0. The van der Waals surface area contributed by atoms with E-state index in [1.807, 2.05) is 9.80 Å². The summed E-state index contributed by atoms with van der Waals surface area (Å²) in [5, 5.41) is 3.11. The van der Waals surface area contributed by atoms with Crippen molar-refractivity contribution in [3.63, 3.8) is 0 Å². The Morgan fingerprint density at radius 1 is 1.17 bits per heavy atom. The number of likely N-dealkylation sites (tertiary alicyclic amines) is 1. The van der Waals surface area contributed by atoms with Gasteiger partial charge >= 0.3 is 0 Å². The van der Waals surface area contributed by atoms with Crippen LogP contribution in [0.15, 0.2) is 24.3 Å². The summed E-state index contributed by atoms with van der Waals surface area (Å²) in [4.78, 5) is 29.9. The molecule has 8 heteroatoms. The molecule has 6 nitrogen and oxygen atoms in total. The van der Waals surface area contributed by atoms with Crippen molar-refractivity contribution < 1.29 is 18.7 Å². The molecule has 3 aliphatic heterocycles. The van der Waals surface area contributed by atoms with Gasteiger partial charge in [-0.15, -0.1) is 12.4 Å². The summed E-state index contributed by atoms with van der Waals surface area (Å²) in [6.45, 7) is 4.21. The molecule has 1 aromatic rings. The largest absolute Gasteiger partial charge is 0.381 e. The zero-order valence-electron chi connectivity index (χ0n) is 16.6. The van der Waals surface area contributed by atoms with Gasteiger partial charge in [0.15, 0.2) is 0 Å². The van der Waals surface area contributed by atoms with Crippen LogP contribution in [0.4, 0.5) is 4.39 Å². The Morgan fingerprint density at radius 3 is 2.59 bits per heavy atom. The number of nitrogens with one attached hydrogen (secondary N) is 1. The van der Waals surface area contributed by atoms with Crippen molar-refractivity contribution in [2.24, 2.45) is 0 Å². The fourth-order valence-corrected chi connectivity index (χ4v) is 4.82. The van der Waals surface area contributed by atoms with Gasteiger partial charge in [-0.05, 0) is 43.4 Å². The van der Waals surface area contributed by atoms with Crippen LogP contribution in [-0.4, -0.2) is 73.6 Å². The summed E-state index contributed by atoms with van der Waals surface area (Å²) < 4.78 is 19.0. The zero-order valence-corrected chi connectivity index (χ0v) is 17.4. The Bertz CT molecular complexity index is 724. The van der Waals surface area contributed by atoms with Crippen molar-refractivity contribution in [1.82, 2.24) is 15.1 Å². The van der Waals surface area contributed by atoms with Gasteiger partial charge in [0.2, 0.25) is 11.8 Å². The lowest BCUT2D eigenvalue weighted by molar-refractivity contribution is -0.146. The van der Waals surface area contributed by atoms with Crippen LogP contribution in [0.3, 0.4) is 0 Å². The zero-order chi connectivity index (χ0) is 19.6. The van der Waals surface area contributed by atoms with E-state index in [1.165, 1.54) is 12.1 Å². The Balaban J connectivity index is 0.00000240. The molecule has 0 aromatic heterocycles. The molecule has 3 aliphatic rings. The van der Waals surface area contributed by atoms with Gasteiger partial charge in [-0.2, -0.15) is 0 Å². The third-order valence-corrected chi connectivity index (χ3v) is 6.40. The van der Waals surface area contributed by atoms with Crippen molar-refractivity contribution >= 4 is 24.2 Å². The maximum atomic E-state index is 13.7. The topological polar surface area (TPSA) is 61.9 Å². The molecular weight excluding hydrogens is 397 g/mol. The van der Waals surface area contributed by atoms with Crippen LogP contribution in [0.25, 0.3) is 0 Å². The predicted molar refractivity (Wildman–Crippen MR) is 110 cm³/mol. The van der Waals surface area contributed by atoms with Crippen LogP contribution in [0.1, 0.15) is 31.2 Å². The Morgan fingerprint density at radius 2 is 1.90 bits per heavy atom. The van der Waals surface area contributed by atoms with Gasteiger partial charge in [0.05, 0.1) is 12.0 Å². The quantitative estimate of drug-likeness (QED) is 0.801. The van der Waals surface area contributed by atoms with Crippen molar-refractivity contribution in [3.05, 3.63) is 35.6 Å². The number of piperazine rings is 1. The molecule has 160 valence electrons. The van der Waals surface area contributed by atoms with Gasteiger partial charge < -0.3 is 19.9 Å². The Labute approximate surface area is 177 Å². The van der Waals surface area contributed by atoms with E-state index in [0.717, 1.165) is 24.9 Å². The number of carbonyl (C=O) groups excluding carboxylic acids is 2. The highest BCUT2D eigenvalue weighted by Crippen LogP contribution is 2.38. The molecule has 1 aromatic carbocycles. The molecule has 3 fully saturated rings. The van der Waals surface area contributed by atoms with Crippen LogP contribution in [0.2, 0.25) is 0 Å². The van der Waals surface area contributed by atoms with Gasteiger partial charge in [0.25, 0.3) is 0 Å². The maximum absolute atomic E-state index is 13.7. The van der Waals surface area contributed by atoms with E-state index in [9.17, 15) is 14.0 Å². The number of hydrogen-bond donors (Lipinski definition) is 1. The van der Waals surface area contributed by atoms with E-state index >= 15 is 0 Å². The van der Waals surface area contributed by atoms with Crippen molar-refractivity contribution in [1.29, 1.82) is 0 Å². The molecule has 0 saturated carbocycles. The smallest absolute Gasteiger partial charge is 0.236 e. The lowest BCUT2D eigenvalue weighted by atomic mass is 9.72. The summed E-state index contributed by atoms with van der Waals surface area (Å²) in [5.74, 6) is -0.0896. The Hall–Kier alpha value is -1.70. The predicted octanol–water partition coefficient (Wildman–Crippen LogP) is 1.72. The second-order valence-electron chi connectivity index (χ2n) is 8.01. The lowest BCUT2D eigenvalue weighted by Gasteiger charge is -2.45. The number of piperidine rings is 1. The number of nitrogens with zero attached hydrogens (tertiary/aromatic N) is 2. The van der Waals surface area contributed by atoms with E-state index in [4.69, 9.17) is 4.74 Å². The van der Waals surface area contributed by atoms with Crippen molar-refractivity contribution in [3.8, 4) is 0 Å². The number of ether oxygens (including phenoxy) is 1. The summed E-state index contributed by atoms with van der Waals surface area (Å²) in [5.41, 5.74) is 0.198. The molecule has 1 N–H and O–H groups in total. The normalized spacial score (nSPS) is 24.7. The fraction of sp³-hybridized carbons (Fsp3) is 0.619.